The van der Waals surface area contributed by atoms with Gasteiger partial charge in [-0.3, -0.25) is 9.36 Å². The molecule has 0 heterocycles. The van der Waals surface area contributed by atoms with Crippen LogP contribution in [0, 0.1) is 0 Å². The van der Waals surface area contributed by atoms with E-state index in [0.717, 1.165) is 32.1 Å². The number of quaternary nitrogens is 1. The average molecular weight is 801 g/mol. The predicted octanol–water partition coefficient (Wildman–Crippen LogP) is 12.5. The van der Waals surface area contributed by atoms with E-state index in [1.54, 1.807) is 6.08 Å². The molecule has 0 aliphatic carbocycles. The Morgan fingerprint density at radius 1 is 0.618 bits per heavy atom. The molecular weight excluding hydrogens is 707 g/mol. The number of amides is 1. The van der Waals surface area contributed by atoms with E-state index in [9.17, 15) is 19.4 Å². The van der Waals surface area contributed by atoms with Crippen molar-refractivity contribution in [1.82, 2.24) is 5.32 Å². The van der Waals surface area contributed by atoms with Crippen molar-refractivity contribution in [2.45, 2.75) is 238 Å². The quantitative estimate of drug-likeness (QED) is 0.0275. The van der Waals surface area contributed by atoms with E-state index in [0.29, 0.717) is 17.4 Å². The molecule has 0 saturated carbocycles. The molecule has 0 aliphatic rings. The maximum atomic E-state index is 12.7. The van der Waals surface area contributed by atoms with Crippen LogP contribution in [-0.4, -0.2) is 68.5 Å². The molecule has 0 aromatic carbocycles. The van der Waals surface area contributed by atoms with Gasteiger partial charge in [-0.2, -0.15) is 0 Å². The minimum atomic E-state index is -4.56. The molecule has 0 radical (unpaired) electrons. The smallest absolute Gasteiger partial charge is 0.268 e. The highest BCUT2D eigenvalue weighted by atomic mass is 31.2. The van der Waals surface area contributed by atoms with Gasteiger partial charge < -0.3 is 28.8 Å². The number of aliphatic hydroxyl groups is 1. The van der Waals surface area contributed by atoms with Gasteiger partial charge in [0.15, 0.2) is 0 Å². The van der Waals surface area contributed by atoms with Gasteiger partial charge in [0.25, 0.3) is 7.82 Å². The van der Waals surface area contributed by atoms with Gasteiger partial charge in [0.1, 0.15) is 13.2 Å². The standard InChI is InChI=1S/C46H93N2O6P/c1-6-8-10-11-12-13-14-15-16-17-18-19-20-21-22-23-24-25-26-27-28-29-30-31-32-33-34-35-36-38-40-46(50)47-44(45(49)39-37-9-7-2)43-54-55(51,52)53-42-41-48(3,4)5/h37,39,44-45,49H,6-36,38,40-43H2,1-5H3,(H-,47,50,51,52)/b39-37+. The van der Waals surface area contributed by atoms with Crippen LogP contribution in [0.2, 0.25) is 0 Å². The summed E-state index contributed by atoms with van der Waals surface area (Å²) in [5.74, 6) is -0.205. The summed E-state index contributed by atoms with van der Waals surface area (Å²) < 4.78 is 22.9. The van der Waals surface area contributed by atoms with E-state index < -0.39 is 20.0 Å². The molecule has 3 unspecified atom stereocenters. The molecule has 328 valence electrons. The maximum absolute atomic E-state index is 12.7. The van der Waals surface area contributed by atoms with Gasteiger partial charge in [-0.05, 0) is 12.8 Å². The molecular formula is C46H93N2O6P. The van der Waals surface area contributed by atoms with E-state index in [-0.39, 0.29) is 19.1 Å². The van der Waals surface area contributed by atoms with Crippen LogP contribution in [0.3, 0.4) is 0 Å². The summed E-state index contributed by atoms with van der Waals surface area (Å²) >= 11 is 0. The number of carbonyl (C=O) groups is 1. The highest BCUT2D eigenvalue weighted by molar-refractivity contribution is 7.45. The molecule has 0 aromatic heterocycles. The zero-order valence-electron chi connectivity index (χ0n) is 37.1. The predicted molar refractivity (Wildman–Crippen MR) is 233 cm³/mol. The van der Waals surface area contributed by atoms with Crippen molar-refractivity contribution < 1.29 is 32.9 Å². The van der Waals surface area contributed by atoms with Crippen molar-refractivity contribution in [3.63, 3.8) is 0 Å². The number of hydrogen-bond acceptors (Lipinski definition) is 6. The SMILES string of the molecule is CCC/C=C/C(O)C(COP(=O)([O-])OCC[N+](C)(C)C)NC(=O)CCCCCCCCCCCCCCCCCCCCCCCCCCCCCCCC. The van der Waals surface area contributed by atoms with E-state index in [2.05, 4.69) is 12.2 Å². The summed E-state index contributed by atoms with van der Waals surface area (Å²) in [6.07, 6.45) is 45.3. The number of allylic oxidation sites excluding steroid dienone is 1. The molecule has 8 nitrogen and oxygen atoms in total. The Morgan fingerprint density at radius 2 is 0.982 bits per heavy atom. The number of phosphoric acid groups is 1. The molecule has 0 aliphatic heterocycles. The third kappa shape index (κ3) is 41.2. The van der Waals surface area contributed by atoms with Crippen LogP contribution >= 0.6 is 7.82 Å². The van der Waals surface area contributed by atoms with Gasteiger partial charge >= 0.3 is 0 Å². The number of rotatable bonds is 43. The van der Waals surface area contributed by atoms with Crippen LogP contribution in [0.15, 0.2) is 12.2 Å². The number of likely N-dealkylation sites (N-methyl/N-ethyl adjacent to an activating group) is 1. The van der Waals surface area contributed by atoms with Crippen LogP contribution in [0.4, 0.5) is 0 Å². The topological polar surface area (TPSA) is 108 Å². The lowest BCUT2D eigenvalue weighted by molar-refractivity contribution is -0.870. The van der Waals surface area contributed by atoms with E-state index >= 15 is 0 Å². The summed E-state index contributed by atoms with van der Waals surface area (Å²) in [6.45, 7) is 4.44. The van der Waals surface area contributed by atoms with Gasteiger partial charge in [0, 0.05) is 6.42 Å². The van der Waals surface area contributed by atoms with Crippen LogP contribution in [0.5, 0.6) is 0 Å². The fourth-order valence-corrected chi connectivity index (χ4v) is 7.71. The molecule has 0 spiro atoms. The fraction of sp³-hybridized carbons (Fsp3) is 0.935. The monoisotopic (exact) mass is 801 g/mol. The van der Waals surface area contributed by atoms with Crippen LogP contribution < -0.4 is 10.2 Å². The van der Waals surface area contributed by atoms with Gasteiger partial charge in [0.2, 0.25) is 5.91 Å². The first-order valence-corrected chi connectivity index (χ1v) is 25.0. The second kappa shape index (κ2) is 38.7. The van der Waals surface area contributed by atoms with E-state index in [1.165, 1.54) is 173 Å². The lowest BCUT2D eigenvalue weighted by Gasteiger charge is -2.29. The second-order valence-corrected chi connectivity index (χ2v) is 18.9. The summed E-state index contributed by atoms with van der Waals surface area (Å²) in [4.78, 5) is 24.9. The lowest BCUT2D eigenvalue weighted by Crippen LogP contribution is -2.45. The first-order chi connectivity index (χ1) is 26.5. The molecule has 2 N–H and O–H groups in total. The maximum Gasteiger partial charge on any atom is 0.268 e. The van der Waals surface area contributed by atoms with E-state index in [1.807, 2.05) is 34.1 Å². The van der Waals surface area contributed by atoms with Crippen molar-refractivity contribution in [2.75, 3.05) is 40.9 Å². The van der Waals surface area contributed by atoms with Crippen molar-refractivity contribution in [3.8, 4) is 0 Å². The lowest BCUT2D eigenvalue weighted by atomic mass is 10.0. The molecule has 3 atom stereocenters. The molecule has 0 aromatic rings. The van der Waals surface area contributed by atoms with Gasteiger partial charge in [-0.25, -0.2) is 0 Å². The number of hydrogen-bond donors (Lipinski definition) is 2. The summed E-state index contributed by atoms with van der Waals surface area (Å²) in [6, 6.07) is -0.876. The largest absolute Gasteiger partial charge is 0.756 e. The Kier molecular flexibility index (Phi) is 38.2. The Bertz CT molecular complexity index is 911. The van der Waals surface area contributed by atoms with Crippen molar-refractivity contribution in [1.29, 1.82) is 0 Å². The summed E-state index contributed by atoms with van der Waals surface area (Å²) in [5.41, 5.74) is 0. The summed E-state index contributed by atoms with van der Waals surface area (Å²) in [5, 5.41) is 13.4. The van der Waals surface area contributed by atoms with E-state index in [4.69, 9.17) is 9.05 Å². The van der Waals surface area contributed by atoms with Crippen molar-refractivity contribution in [3.05, 3.63) is 12.2 Å². The first-order valence-electron chi connectivity index (χ1n) is 23.6. The van der Waals surface area contributed by atoms with Gasteiger partial charge in [0.05, 0.1) is 39.9 Å². The molecule has 9 heteroatoms. The molecule has 0 saturated heterocycles. The van der Waals surface area contributed by atoms with Crippen LogP contribution in [-0.2, 0) is 18.4 Å². The molecule has 0 rings (SSSR count). The fourth-order valence-electron chi connectivity index (χ4n) is 6.98. The molecule has 55 heavy (non-hydrogen) atoms. The number of carbonyl (C=O) groups excluding carboxylic acids is 1. The zero-order valence-corrected chi connectivity index (χ0v) is 38.0. The minimum Gasteiger partial charge on any atom is -0.756 e. The number of nitrogens with zero attached hydrogens (tertiary/aromatic N) is 1. The zero-order chi connectivity index (χ0) is 40.7. The first kappa shape index (κ1) is 54.2. The van der Waals surface area contributed by atoms with Crippen LogP contribution in [0.1, 0.15) is 226 Å². The highest BCUT2D eigenvalue weighted by Crippen LogP contribution is 2.38. The number of phosphoric ester groups is 1. The normalized spacial score (nSPS) is 14.4. The van der Waals surface area contributed by atoms with Gasteiger partial charge in [-0.15, -0.1) is 0 Å². The molecule has 0 bridgehead atoms. The third-order valence-corrected chi connectivity index (χ3v) is 11.7. The van der Waals surface area contributed by atoms with Gasteiger partial charge in [-0.1, -0.05) is 219 Å². The Balaban J connectivity index is 3.71. The van der Waals surface area contributed by atoms with Crippen molar-refractivity contribution in [2.24, 2.45) is 0 Å². The number of nitrogens with one attached hydrogen (secondary N) is 1. The van der Waals surface area contributed by atoms with Crippen molar-refractivity contribution >= 4 is 13.7 Å². The second-order valence-electron chi connectivity index (χ2n) is 17.5. The Morgan fingerprint density at radius 3 is 1.33 bits per heavy atom. The summed E-state index contributed by atoms with van der Waals surface area (Å²) in [7, 11) is 1.26. The molecule has 1 amide bonds. The highest BCUT2D eigenvalue weighted by Gasteiger charge is 2.23. The minimum absolute atomic E-state index is 0.0000546. The third-order valence-electron chi connectivity index (χ3n) is 10.7. The number of unbranched alkanes of at least 4 members (excludes halogenated alkanes) is 30. The number of aliphatic hydroxyl groups excluding tert-OH is 1. The Labute approximate surface area is 342 Å². The average Bonchev–Trinajstić information content (AvgIpc) is 3.13. The molecule has 0 fully saturated rings. The van der Waals surface area contributed by atoms with Crippen LogP contribution in [0.25, 0.3) is 0 Å². The Hall–Kier alpha value is -0.760.